The van der Waals surface area contributed by atoms with Gasteiger partial charge in [0.1, 0.15) is 11.6 Å². The molecule has 1 aliphatic heterocycles. The van der Waals surface area contributed by atoms with E-state index < -0.39 is 23.6 Å². The lowest BCUT2D eigenvalue weighted by atomic mass is 9.89. The van der Waals surface area contributed by atoms with Crippen molar-refractivity contribution in [3.8, 4) is 0 Å². The molecule has 1 aromatic carbocycles. The number of carbonyl (C=O) groups excluding carboxylic acids is 1. The van der Waals surface area contributed by atoms with Crippen LogP contribution in [0.15, 0.2) is 12.1 Å². The first-order chi connectivity index (χ1) is 8.02. The van der Waals surface area contributed by atoms with Crippen molar-refractivity contribution in [2.75, 3.05) is 5.32 Å². The number of halogens is 2. The highest BCUT2D eigenvalue weighted by atomic mass is 19.1. The van der Waals surface area contributed by atoms with E-state index in [0.29, 0.717) is 12.0 Å². The average Bonchev–Trinajstić information content (AvgIpc) is 3.02. The Bertz CT molecular complexity index is 511. The number of amides is 1. The van der Waals surface area contributed by atoms with Crippen LogP contribution in [0.1, 0.15) is 24.8 Å². The van der Waals surface area contributed by atoms with Crippen molar-refractivity contribution in [3.05, 3.63) is 29.3 Å². The molecule has 3 N–H and O–H groups in total. The van der Waals surface area contributed by atoms with Gasteiger partial charge < -0.3 is 11.1 Å². The standard InChI is InChI=1S/C12H12F2N2O/c13-6-3-7-10(8(14)4-6)16-11(17)9(15)5-12(7)1-2-12/h3-4,9H,1-2,5,15H2,(H,16,17). The van der Waals surface area contributed by atoms with Crippen molar-refractivity contribution >= 4 is 11.6 Å². The van der Waals surface area contributed by atoms with Crippen LogP contribution in [-0.4, -0.2) is 11.9 Å². The van der Waals surface area contributed by atoms with Gasteiger partial charge in [-0.15, -0.1) is 0 Å². The Morgan fingerprint density at radius 1 is 1.35 bits per heavy atom. The maximum Gasteiger partial charge on any atom is 0.241 e. The molecule has 90 valence electrons. The first-order valence-corrected chi connectivity index (χ1v) is 5.58. The number of anilines is 1. The average molecular weight is 238 g/mol. The molecule has 0 bridgehead atoms. The van der Waals surface area contributed by atoms with Gasteiger partial charge in [0.05, 0.1) is 11.7 Å². The van der Waals surface area contributed by atoms with E-state index in [1.807, 2.05) is 0 Å². The van der Waals surface area contributed by atoms with Crippen molar-refractivity contribution in [1.82, 2.24) is 0 Å². The van der Waals surface area contributed by atoms with E-state index in [0.717, 1.165) is 18.9 Å². The first-order valence-electron chi connectivity index (χ1n) is 5.58. The monoisotopic (exact) mass is 238 g/mol. The lowest BCUT2D eigenvalue weighted by molar-refractivity contribution is -0.117. The third-order valence-corrected chi connectivity index (χ3v) is 3.68. The fraction of sp³-hybridized carbons (Fsp3) is 0.417. The summed E-state index contributed by atoms with van der Waals surface area (Å²) < 4.78 is 27.0. The minimum absolute atomic E-state index is 0.0989. The van der Waals surface area contributed by atoms with Gasteiger partial charge in [-0.25, -0.2) is 8.78 Å². The fourth-order valence-corrected chi connectivity index (χ4v) is 2.58. The van der Waals surface area contributed by atoms with Crippen molar-refractivity contribution in [2.45, 2.75) is 30.7 Å². The van der Waals surface area contributed by atoms with Gasteiger partial charge in [0.2, 0.25) is 5.91 Å². The molecule has 0 aromatic heterocycles. The van der Waals surface area contributed by atoms with Gasteiger partial charge in [0.15, 0.2) is 0 Å². The van der Waals surface area contributed by atoms with Crippen LogP contribution in [-0.2, 0) is 10.2 Å². The fourth-order valence-electron chi connectivity index (χ4n) is 2.58. The second-order valence-electron chi connectivity index (χ2n) is 4.89. The Morgan fingerprint density at radius 2 is 2.06 bits per heavy atom. The highest BCUT2D eigenvalue weighted by Crippen LogP contribution is 2.55. The highest BCUT2D eigenvalue weighted by Gasteiger charge is 2.50. The van der Waals surface area contributed by atoms with E-state index in [9.17, 15) is 13.6 Å². The van der Waals surface area contributed by atoms with Gasteiger partial charge in [-0.05, 0) is 36.3 Å². The molecule has 5 heteroatoms. The summed E-state index contributed by atoms with van der Waals surface area (Å²) in [6.07, 6.45) is 2.10. The molecule has 1 aliphatic carbocycles. The predicted octanol–water partition coefficient (Wildman–Crippen LogP) is 1.67. The summed E-state index contributed by atoms with van der Waals surface area (Å²) in [5, 5.41) is 2.46. The van der Waals surface area contributed by atoms with Crippen molar-refractivity contribution in [1.29, 1.82) is 0 Å². The van der Waals surface area contributed by atoms with E-state index in [-0.39, 0.29) is 11.1 Å². The number of fused-ring (bicyclic) bond motifs is 2. The molecule has 0 saturated heterocycles. The Kier molecular flexibility index (Phi) is 2.04. The summed E-state index contributed by atoms with van der Waals surface area (Å²) in [6.45, 7) is 0. The Labute approximate surface area is 97.0 Å². The normalized spacial score (nSPS) is 25.1. The first kappa shape index (κ1) is 10.7. The SMILES string of the molecule is NC1CC2(CC2)c2cc(F)cc(F)c2NC1=O. The zero-order valence-corrected chi connectivity index (χ0v) is 9.09. The Morgan fingerprint density at radius 3 is 2.71 bits per heavy atom. The van der Waals surface area contributed by atoms with Crippen LogP contribution in [0.3, 0.4) is 0 Å². The lowest BCUT2D eigenvalue weighted by Crippen LogP contribution is -2.36. The predicted molar refractivity (Wildman–Crippen MR) is 58.5 cm³/mol. The van der Waals surface area contributed by atoms with Gasteiger partial charge in [-0.2, -0.15) is 0 Å². The van der Waals surface area contributed by atoms with Gasteiger partial charge in [0.25, 0.3) is 0 Å². The smallest absolute Gasteiger partial charge is 0.241 e. The molecule has 17 heavy (non-hydrogen) atoms. The molecular weight excluding hydrogens is 226 g/mol. The second-order valence-corrected chi connectivity index (χ2v) is 4.89. The lowest BCUT2D eigenvalue weighted by Gasteiger charge is -2.16. The molecule has 0 radical (unpaired) electrons. The van der Waals surface area contributed by atoms with Crippen LogP contribution < -0.4 is 11.1 Å². The van der Waals surface area contributed by atoms with Gasteiger partial charge in [0, 0.05) is 6.07 Å². The number of carbonyl (C=O) groups is 1. The Hall–Kier alpha value is -1.49. The number of nitrogens with two attached hydrogens (primary N) is 1. The van der Waals surface area contributed by atoms with Gasteiger partial charge in [-0.3, -0.25) is 4.79 Å². The van der Waals surface area contributed by atoms with Crippen molar-refractivity contribution < 1.29 is 13.6 Å². The van der Waals surface area contributed by atoms with Crippen LogP contribution in [0.2, 0.25) is 0 Å². The summed E-state index contributed by atoms with van der Waals surface area (Å²) in [5.41, 5.74) is 6.08. The van der Waals surface area contributed by atoms with Crippen LogP contribution in [0.5, 0.6) is 0 Å². The zero-order valence-electron chi connectivity index (χ0n) is 9.09. The number of benzene rings is 1. The van der Waals surface area contributed by atoms with Crippen molar-refractivity contribution in [2.24, 2.45) is 5.73 Å². The minimum atomic E-state index is -0.728. The number of hydrogen-bond donors (Lipinski definition) is 2. The Balaban J connectivity index is 2.19. The number of hydrogen-bond acceptors (Lipinski definition) is 2. The molecule has 1 aromatic rings. The third kappa shape index (κ3) is 1.53. The largest absolute Gasteiger partial charge is 0.322 e. The molecule has 1 spiro atoms. The van der Waals surface area contributed by atoms with Crippen LogP contribution >= 0.6 is 0 Å². The van der Waals surface area contributed by atoms with E-state index >= 15 is 0 Å². The van der Waals surface area contributed by atoms with E-state index in [4.69, 9.17) is 5.73 Å². The quantitative estimate of drug-likeness (QED) is 0.722. The summed E-state index contributed by atoms with van der Waals surface area (Å²) in [7, 11) is 0. The molecule has 1 unspecified atom stereocenters. The van der Waals surface area contributed by atoms with E-state index in [1.54, 1.807) is 0 Å². The number of nitrogens with one attached hydrogen (secondary N) is 1. The summed E-state index contributed by atoms with van der Waals surface area (Å²) in [5.74, 6) is -1.74. The molecule has 1 atom stereocenters. The van der Waals surface area contributed by atoms with Crippen LogP contribution in [0, 0.1) is 11.6 Å². The van der Waals surface area contributed by atoms with Crippen LogP contribution in [0.4, 0.5) is 14.5 Å². The van der Waals surface area contributed by atoms with Gasteiger partial charge >= 0.3 is 0 Å². The van der Waals surface area contributed by atoms with E-state index in [1.165, 1.54) is 6.07 Å². The summed E-state index contributed by atoms with van der Waals surface area (Å²) in [6, 6.07) is 1.43. The minimum Gasteiger partial charge on any atom is -0.322 e. The zero-order chi connectivity index (χ0) is 12.2. The molecule has 1 heterocycles. The van der Waals surface area contributed by atoms with Crippen LogP contribution in [0.25, 0.3) is 0 Å². The summed E-state index contributed by atoms with van der Waals surface area (Å²) >= 11 is 0. The maximum atomic E-state index is 13.7. The van der Waals surface area contributed by atoms with E-state index in [2.05, 4.69) is 5.32 Å². The van der Waals surface area contributed by atoms with Crippen molar-refractivity contribution in [3.63, 3.8) is 0 Å². The molecule has 2 aliphatic rings. The number of rotatable bonds is 0. The highest BCUT2D eigenvalue weighted by molar-refractivity contribution is 5.97. The topological polar surface area (TPSA) is 55.1 Å². The third-order valence-electron chi connectivity index (χ3n) is 3.68. The maximum absolute atomic E-state index is 13.7. The molecule has 3 nitrogen and oxygen atoms in total. The molecule has 3 rings (SSSR count). The summed E-state index contributed by atoms with van der Waals surface area (Å²) in [4.78, 5) is 11.6. The molecule has 1 saturated carbocycles. The molecule has 1 amide bonds. The molecular formula is C12H12F2N2O. The molecule has 1 fully saturated rings. The van der Waals surface area contributed by atoms with Gasteiger partial charge in [-0.1, -0.05) is 0 Å². The second kappa shape index (κ2) is 3.26.